The van der Waals surface area contributed by atoms with E-state index in [0.29, 0.717) is 11.6 Å². The van der Waals surface area contributed by atoms with Crippen LogP contribution in [-0.2, 0) is 4.79 Å². The van der Waals surface area contributed by atoms with Crippen LogP contribution in [0.25, 0.3) is 11.1 Å². The Hall–Kier alpha value is -2.77. The number of carbonyl (C=O) groups excluding carboxylic acids is 1. The zero-order valence-corrected chi connectivity index (χ0v) is 19.1. The van der Waals surface area contributed by atoms with Gasteiger partial charge in [0.15, 0.2) is 23.0 Å². The van der Waals surface area contributed by atoms with Gasteiger partial charge in [0.05, 0.1) is 6.54 Å². The van der Waals surface area contributed by atoms with E-state index >= 15 is 0 Å². The quantitative estimate of drug-likeness (QED) is 0.558. The van der Waals surface area contributed by atoms with Crippen molar-refractivity contribution in [1.82, 2.24) is 9.88 Å². The number of rotatable bonds is 4. The van der Waals surface area contributed by atoms with Gasteiger partial charge in [-0.05, 0) is 69.1 Å². The normalized spacial score (nSPS) is 20.0. The molecule has 172 valence electrons. The number of fused-ring (bicyclic) bond motifs is 2. The number of ether oxygens (including phenoxy) is 2. The highest BCUT2D eigenvalue weighted by Crippen LogP contribution is 2.47. The molecule has 7 nitrogen and oxygen atoms in total. The molecular weight excluding hydrogens is 442 g/mol. The Labute approximate surface area is 197 Å². The Balaban J connectivity index is 1.03. The van der Waals surface area contributed by atoms with Gasteiger partial charge in [-0.1, -0.05) is 11.6 Å². The lowest BCUT2D eigenvalue weighted by molar-refractivity contribution is -0.117. The van der Waals surface area contributed by atoms with Crippen LogP contribution in [0.4, 0.5) is 5.69 Å². The SMILES string of the molecule is O=C(CN1CCC(c2nc3cc(Cl)ccc3o2)CC1)Nc1ccc2c(c1)OC1(CCCC1)O2. The summed E-state index contributed by atoms with van der Waals surface area (Å²) in [5, 5.41) is 3.66. The molecule has 2 aromatic carbocycles. The molecular formula is C25H26ClN3O4. The maximum atomic E-state index is 12.7. The van der Waals surface area contributed by atoms with Crippen molar-refractivity contribution in [1.29, 1.82) is 0 Å². The molecule has 33 heavy (non-hydrogen) atoms. The molecule has 1 saturated heterocycles. The predicted octanol–water partition coefficient (Wildman–Crippen LogP) is 5.34. The number of nitrogens with zero attached hydrogens (tertiary/aromatic N) is 2. The molecule has 0 unspecified atom stereocenters. The molecule has 2 aliphatic heterocycles. The van der Waals surface area contributed by atoms with Gasteiger partial charge in [0.1, 0.15) is 5.52 Å². The molecule has 1 aromatic heterocycles. The number of benzene rings is 2. The van der Waals surface area contributed by atoms with Crippen molar-refractivity contribution in [3.05, 3.63) is 47.3 Å². The number of likely N-dealkylation sites (tertiary alicyclic amines) is 1. The van der Waals surface area contributed by atoms with Gasteiger partial charge < -0.3 is 19.2 Å². The highest BCUT2D eigenvalue weighted by Gasteiger charge is 2.44. The largest absolute Gasteiger partial charge is 0.448 e. The Kier molecular flexibility index (Phi) is 5.18. The summed E-state index contributed by atoms with van der Waals surface area (Å²) in [6.07, 6.45) is 5.87. The number of amides is 1. The Morgan fingerprint density at radius 2 is 1.88 bits per heavy atom. The van der Waals surface area contributed by atoms with Crippen LogP contribution in [0.3, 0.4) is 0 Å². The van der Waals surface area contributed by atoms with Crippen LogP contribution < -0.4 is 14.8 Å². The fourth-order valence-corrected chi connectivity index (χ4v) is 5.29. The van der Waals surface area contributed by atoms with Gasteiger partial charge in [-0.15, -0.1) is 0 Å². The first-order valence-electron chi connectivity index (χ1n) is 11.7. The number of hydrogen-bond acceptors (Lipinski definition) is 6. The number of oxazole rings is 1. The first kappa shape index (κ1) is 20.8. The zero-order chi connectivity index (χ0) is 22.4. The zero-order valence-electron chi connectivity index (χ0n) is 18.3. The van der Waals surface area contributed by atoms with E-state index in [4.69, 9.17) is 25.5 Å². The smallest absolute Gasteiger partial charge is 0.251 e. The third-order valence-electron chi connectivity index (χ3n) is 6.85. The number of hydrogen-bond donors (Lipinski definition) is 1. The first-order chi connectivity index (χ1) is 16.1. The number of anilines is 1. The van der Waals surface area contributed by atoms with E-state index in [1.54, 1.807) is 0 Å². The molecule has 1 saturated carbocycles. The Morgan fingerprint density at radius 3 is 2.70 bits per heavy atom. The molecule has 1 amide bonds. The molecule has 6 rings (SSSR count). The Morgan fingerprint density at radius 1 is 1.09 bits per heavy atom. The Bertz CT molecular complexity index is 1200. The van der Waals surface area contributed by atoms with Crippen LogP contribution in [0.5, 0.6) is 11.5 Å². The third-order valence-corrected chi connectivity index (χ3v) is 7.09. The van der Waals surface area contributed by atoms with Crippen molar-refractivity contribution < 1.29 is 18.7 Å². The van der Waals surface area contributed by atoms with Gasteiger partial charge in [-0.25, -0.2) is 4.98 Å². The molecule has 3 aromatic rings. The fourth-order valence-electron chi connectivity index (χ4n) is 5.12. The summed E-state index contributed by atoms with van der Waals surface area (Å²) in [6, 6.07) is 11.1. The summed E-state index contributed by atoms with van der Waals surface area (Å²) in [4.78, 5) is 19.5. The number of piperidine rings is 1. The molecule has 1 spiro atoms. The average molecular weight is 468 g/mol. The summed E-state index contributed by atoms with van der Waals surface area (Å²) < 4.78 is 18.1. The van der Waals surface area contributed by atoms with Crippen molar-refractivity contribution in [2.75, 3.05) is 25.0 Å². The molecule has 8 heteroatoms. The van der Waals surface area contributed by atoms with Crippen LogP contribution >= 0.6 is 11.6 Å². The highest BCUT2D eigenvalue weighted by molar-refractivity contribution is 6.31. The van der Waals surface area contributed by atoms with E-state index in [9.17, 15) is 4.79 Å². The minimum atomic E-state index is -0.490. The van der Waals surface area contributed by atoms with E-state index in [-0.39, 0.29) is 11.8 Å². The lowest BCUT2D eigenvalue weighted by Crippen LogP contribution is -2.38. The van der Waals surface area contributed by atoms with Crippen LogP contribution in [-0.4, -0.2) is 41.2 Å². The lowest BCUT2D eigenvalue weighted by atomic mass is 9.97. The van der Waals surface area contributed by atoms with Crippen molar-refractivity contribution >= 4 is 34.3 Å². The number of halogens is 1. The first-order valence-corrected chi connectivity index (χ1v) is 12.0. The van der Waals surface area contributed by atoms with E-state index in [2.05, 4.69) is 15.2 Å². The van der Waals surface area contributed by atoms with Crippen molar-refractivity contribution in [3.8, 4) is 11.5 Å². The monoisotopic (exact) mass is 467 g/mol. The van der Waals surface area contributed by atoms with Crippen LogP contribution in [0, 0.1) is 0 Å². The topological polar surface area (TPSA) is 76.8 Å². The third kappa shape index (κ3) is 4.15. The van der Waals surface area contributed by atoms with Crippen LogP contribution in [0.2, 0.25) is 5.02 Å². The summed E-state index contributed by atoms with van der Waals surface area (Å²) in [6.45, 7) is 2.00. The number of carbonyl (C=O) groups is 1. The van der Waals surface area contributed by atoms with Gasteiger partial charge in [-0.2, -0.15) is 0 Å². The molecule has 0 bridgehead atoms. The summed E-state index contributed by atoms with van der Waals surface area (Å²) in [5.74, 6) is 1.98. The van der Waals surface area contributed by atoms with E-state index < -0.39 is 5.79 Å². The van der Waals surface area contributed by atoms with Gasteiger partial charge in [-0.3, -0.25) is 9.69 Å². The van der Waals surface area contributed by atoms with E-state index in [1.807, 2.05) is 36.4 Å². The van der Waals surface area contributed by atoms with Gasteiger partial charge in [0, 0.05) is 35.5 Å². The van der Waals surface area contributed by atoms with E-state index in [0.717, 1.165) is 85.8 Å². The molecule has 1 aliphatic carbocycles. The highest BCUT2D eigenvalue weighted by atomic mass is 35.5. The van der Waals surface area contributed by atoms with Gasteiger partial charge in [0.25, 0.3) is 5.79 Å². The maximum absolute atomic E-state index is 12.7. The standard InChI is InChI=1S/C25H26ClN3O4/c26-17-3-5-20-19(13-17)28-24(31-20)16-7-11-29(12-8-16)15-23(30)27-18-4-6-21-22(14-18)33-25(32-21)9-1-2-10-25/h3-6,13-14,16H,1-2,7-12,15H2,(H,27,30). The molecule has 2 fully saturated rings. The molecule has 1 N–H and O–H groups in total. The lowest BCUT2D eigenvalue weighted by Gasteiger charge is -2.29. The van der Waals surface area contributed by atoms with Gasteiger partial charge >= 0.3 is 0 Å². The maximum Gasteiger partial charge on any atom is 0.251 e. The molecule has 0 atom stereocenters. The summed E-state index contributed by atoms with van der Waals surface area (Å²) >= 11 is 6.06. The van der Waals surface area contributed by atoms with E-state index in [1.165, 1.54) is 0 Å². The number of aromatic nitrogens is 1. The summed E-state index contributed by atoms with van der Waals surface area (Å²) in [5.41, 5.74) is 2.29. The van der Waals surface area contributed by atoms with Crippen LogP contribution in [0.15, 0.2) is 40.8 Å². The molecule has 3 aliphatic rings. The second-order valence-corrected chi connectivity index (χ2v) is 9.68. The number of nitrogens with one attached hydrogen (secondary N) is 1. The van der Waals surface area contributed by atoms with Crippen molar-refractivity contribution in [3.63, 3.8) is 0 Å². The van der Waals surface area contributed by atoms with Gasteiger partial charge in [0.2, 0.25) is 5.91 Å². The average Bonchev–Trinajstić information content (AvgIpc) is 3.52. The minimum absolute atomic E-state index is 0.0283. The second kappa shape index (κ2) is 8.22. The summed E-state index contributed by atoms with van der Waals surface area (Å²) in [7, 11) is 0. The predicted molar refractivity (Wildman–Crippen MR) is 125 cm³/mol. The molecule has 3 heterocycles. The van der Waals surface area contributed by atoms with Crippen molar-refractivity contribution in [2.45, 2.75) is 50.2 Å². The van der Waals surface area contributed by atoms with Crippen molar-refractivity contribution in [2.24, 2.45) is 0 Å². The second-order valence-electron chi connectivity index (χ2n) is 9.25. The van der Waals surface area contributed by atoms with Crippen LogP contribution in [0.1, 0.15) is 50.3 Å². The molecule has 0 radical (unpaired) electrons. The fraction of sp³-hybridized carbons (Fsp3) is 0.440. The minimum Gasteiger partial charge on any atom is -0.448 e.